The summed E-state index contributed by atoms with van der Waals surface area (Å²) in [5.74, 6) is 0.394. The summed E-state index contributed by atoms with van der Waals surface area (Å²) in [7, 11) is 0. The molecule has 21 heavy (non-hydrogen) atoms. The topological polar surface area (TPSA) is 96.2 Å². The van der Waals surface area contributed by atoms with E-state index in [9.17, 15) is 4.79 Å². The molecule has 0 spiro atoms. The molecule has 4 N–H and O–H groups in total. The molecule has 0 aliphatic carbocycles. The lowest BCUT2D eigenvalue weighted by Crippen LogP contribution is -2.23. The number of hydrogen-bond acceptors (Lipinski definition) is 3. The van der Waals surface area contributed by atoms with Gasteiger partial charge in [-0.15, -0.1) is 0 Å². The lowest BCUT2D eigenvalue weighted by molar-refractivity contribution is 0.866. The Kier molecular flexibility index (Phi) is 4.71. The normalized spacial score (nSPS) is 11.4. The van der Waals surface area contributed by atoms with Crippen LogP contribution in [-0.4, -0.2) is 15.9 Å². The highest BCUT2D eigenvalue weighted by atomic mass is 16.1. The molecule has 2 rings (SSSR count). The van der Waals surface area contributed by atoms with Gasteiger partial charge in [-0.1, -0.05) is 31.5 Å². The average Bonchev–Trinajstić information content (AvgIpc) is 2.41. The summed E-state index contributed by atoms with van der Waals surface area (Å²) in [5, 5.41) is 3.00. The summed E-state index contributed by atoms with van der Waals surface area (Å²) in [5.41, 5.74) is 8.26. The van der Waals surface area contributed by atoms with Crippen molar-refractivity contribution in [1.29, 1.82) is 0 Å². The van der Waals surface area contributed by atoms with Crippen LogP contribution in [-0.2, 0) is 6.42 Å². The zero-order chi connectivity index (χ0) is 15.2. The molecule has 0 amide bonds. The molecule has 0 saturated carbocycles. The van der Waals surface area contributed by atoms with E-state index in [1.807, 2.05) is 38.1 Å². The van der Waals surface area contributed by atoms with Crippen LogP contribution >= 0.6 is 0 Å². The molecule has 0 saturated heterocycles. The van der Waals surface area contributed by atoms with Gasteiger partial charge in [-0.2, -0.15) is 4.99 Å². The number of nitrogens with zero attached hydrogens (tertiary/aromatic N) is 2. The van der Waals surface area contributed by atoms with Gasteiger partial charge in [0.05, 0.1) is 0 Å². The van der Waals surface area contributed by atoms with Crippen molar-refractivity contribution in [3.05, 3.63) is 51.9 Å². The van der Waals surface area contributed by atoms with Gasteiger partial charge in [-0.3, -0.25) is 9.78 Å². The number of nitrogens with one attached hydrogen (secondary N) is 2. The first kappa shape index (κ1) is 14.8. The van der Waals surface area contributed by atoms with Crippen LogP contribution < -0.4 is 16.6 Å². The van der Waals surface area contributed by atoms with Crippen LogP contribution in [0, 0.1) is 6.92 Å². The van der Waals surface area contributed by atoms with E-state index < -0.39 is 0 Å². The SMILES string of the molecule is CCCc1cc(=O)[nH]c(N=C(N)Nc2ccccc2C)n1. The second-order valence-electron chi connectivity index (χ2n) is 4.75. The zero-order valence-electron chi connectivity index (χ0n) is 12.2. The highest BCUT2D eigenvalue weighted by Crippen LogP contribution is 2.13. The van der Waals surface area contributed by atoms with Crippen molar-refractivity contribution in [1.82, 2.24) is 9.97 Å². The van der Waals surface area contributed by atoms with Crippen LogP contribution in [0.3, 0.4) is 0 Å². The number of aromatic nitrogens is 2. The van der Waals surface area contributed by atoms with Crippen LogP contribution in [0.5, 0.6) is 0 Å². The maximum absolute atomic E-state index is 11.6. The first-order chi connectivity index (χ1) is 10.1. The van der Waals surface area contributed by atoms with Gasteiger partial charge >= 0.3 is 0 Å². The quantitative estimate of drug-likeness (QED) is 0.592. The highest BCUT2D eigenvalue weighted by molar-refractivity contribution is 5.94. The summed E-state index contributed by atoms with van der Waals surface area (Å²) in [6.45, 7) is 4.00. The number of guanidine groups is 1. The molecule has 0 fully saturated rings. The van der Waals surface area contributed by atoms with Crippen molar-refractivity contribution in [2.75, 3.05) is 5.32 Å². The number of para-hydroxylation sites is 1. The van der Waals surface area contributed by atoms with Crippen LogP contribution in [0.15, 0.2) is 40.1 Å². The number of anilines is 1. The predicted molar refractivity (Wildman–Crippen MR) is 84.9 cm³/mol. The Morgan fingerprint density at radius 3 is 2.90 bits per heavy atom. The van der Waals surface area contributed by atoms with Crippen molar-refractivity contribution in [2.24, 2.45) is 10.7 Å². The molecule has 0 radical (unpaired) electrons. The van der Waals surface area contributed by atoms with Crippen molar-refractivity contribution < 1.29 is 0 Å². The fourth-order valence-corrected chi connectivity index (χ4v) is 1.92. The molecule has 2 aromatic rings. The number of aliphatic imine (C=N–C) groups is 1. The van der Waals surface area contributed by atoms with Crippen molar-refractivity contribution in [2.45, 2.75) is 26.7 Å². The minimum atomic E-state index is -0.226. The third-order valence-electron chi connectivity index (χ3n) is 2.92. The number of H-pyrrole nitrogens is 1. The molecule has 6 nitrogen and oxygen atoms in total. The largest absolute Gasteiger partial charge is 0.369 e. The zero-order valence-corrected chi connectivity index (χ0v) is 12.2. The molecule has 110 valence electrons. The van der Waals surface area contributed by atoms with Crippen LogP contribution in [0.2, 0.25) is 0 Å². The lowest BCUT2D eigenvalue weighted by Gasteiger charge is -2.08. The molecular weight excluding hydrogens is 266 g/mol. The van der Waals surface area contributed by atoms with E-state index in [2.05, 4.69) is 20.3 Å². The fraction of sp³-hybridized carbons (Fsp3) is 0.267. The van der Waals surface area contributed by atoms with Gasteiger partial charge in [-0.25, -0.2) is 4.98 Å². The summed E-state index contributed by atoms with van der Waals surface area (Å²) in [6.07, 6.45) is 1.65. The summed E-state index contributed by atoms with van der Waals surface area (Å²) in [6, 6.07) is 9.21. The molecular formula is C15H19N5O. The van der Waals surface area contributed by atoms with Crippen molar-refractivity contribution in [3.8, 4) is 0 Å². The lowest BCUT2D eigenvalue weighted by atomic mass is 10.2. The van der Waals surface area contributed by atoms with Crippen LogP contribution in [0.25, 0.3) is 0 Å². The number of nitrogens with two attached hydrogens (primary N) is 1. The van der Waals surface area contributed by atoms with E-state index in [-0.39, 0.29) is 17.5 Å². The molecule has 0 aliphatic rings. The van der Waals surface area contributed by atoms with Gasteiger partial charge in [0, 0.05) is 17.4 Å². The van der Waals surface area contributed by atoms with E-state index >= 15 is 0 Å². The molecule has 0 bridgehead atoms. The second kappa shape index (κ2) is 6.69. The Bertz CT molecular complexity index is 705. The minimum absolute atomic E-state index is 0.182. The molecule has 1 aromatic heterocycles. The number of aromatic amines is 1. The average molecular weight is 285 g/mol. The van der Waals surface area contributed by atoms with E-state index in [4.69, 9.17) is 5.73 Å². The van der Waals surface area contributed by atoms with Crippen LogP contribution in [0.4, 0.5) is 11.6 Å². The second-order valence-corrected chi connectivity index (χ2v) is 4.75. The Morgan fingerprint density at radius 1 is 1.43 bits per heavy atom. The number of benzene rings is 1. The minimum Gasteiger partial charge on any atom is -0.369 e. The molecule has 0 aliphatic heterocycles. The molecule has 1 aromatic carbocycles. The summed E-state index contributed by atoms with van der Waals surface area (Å²) >= 11 is 0. The Labute approximate surface area is 123 Å². The highest BCUT2D eigenvalue weighted by Gasteiger charge is 2.02. The Balaban J connectivity index is 2.22. The van der Waals surface area contributed by atoms with Gasteiger partial charge in [0.2, 0.25) is 11.9 Å². The maximum Gasteiger partial charge on any atom is 0.252 e. The van der Waals surface area contributed by atoms with E-state index in [1.54, 1.807) is 0 Å². The first-order valence-electron chi connectivity index (χ1n) is 6.85. The summed E-state index contributed by atoms with van der Waals surface area (Å²) in [4.78, 5) is 22.5. The first-order valence-corrected chi connectivity index (χ1v) is 6.85. The number of rotatable bonds is 4. The van der Waals surface area contributed by atoms with Crippen LogP contribution in [0.1, 0.15) is 24.6 Å². The van der Waals surface area contributed by atoms with Crippen molar-refractivity contribution >= 4 is 17.6 Å². The van der Waals surface area contributed by atoms with Gasteiger partial charge in [0.25, 0.3) is 5.56 Å². The molecule has 0 unspecified atom stereocenters. The monoisotopic (exact) mass is 285 g/mol. The summed E-state index contributed by atoms with van der Waals surface area (Å²) < 4.78 is 0. The number of aryl methyl sites for hydroxylation is 2. The van der Waals surface area contributed by atoms with Gasteiger partial charge < -0.3 is 11.1 Å². The van der Waals surface area contributed by atoms with E-state index in [0.29, 0.717) is 5.69 Å². The van der Waals surface area contributed by atoms with Gasteiger partial charge in [-0.05, 0) is 25.0 Å². The van der Waals surface area contributed by atoms with Gasteiger partial charge in [0.1, 0.15) is 0 Å². The Morgan fingerprint density at radius 2 is 2.19 bits per heavy atom. The molecule has 6 heteroatoms. The third kappa shape index (κ3) is 4.17. The fourth-order valence-electron chi connectivity index (χ4n) is 1.92. The number of hydrogen-bond donors (Lipinski definition) is 3. The maximum atomic E-state index is 11.6. The van der Waals surface area contributed by atoms with E-state index in [1.165, 1.54) is 6.07 Å². The Hall–Kier alpha value is -2.63. The van der Waals surface area contributed by atoms with Gasteiger partial charge in [0.15, 0.2) is 0 Å². The van der Waals surface area contributed by atoms with E-state index in [0.717, 1.165) is 24.1 Å². The smallest absolute Gasteiger partial charge is 0.252 e. The molecule has 1 heterocycles. The standard InChI is InChI=1S/C15H19N5O/c1-3-6-11-9-13(21)19-15(17-11)20-14(16)18-12-8-5-4-7-10(12)2/h4-5,7-9H,3,6H2,1-2H3,(H4,16,17,18,19,20,21). The third-order valence-corrected chi connectivity index (χ3v) is 2.92. The molecule has 0 atom stereocenters. The predicted octanol–water partition coefficient (Wildman–Crippen LogP) is 2.09. The van der Waals surface area contributed by atoms with Crippen molar-refractivity contribution in [3.63, 3.8) is 0 Å².